The molecule has 3 nitrogen and oxygen atoms in total. The van der Waals surface area contributed by atoms with Crippen LogP contribution in [0.4, 0.5) is 0 Å². The summed E-state index contributed by atoms with van der Waals surface area (Å²) in [5.74, 6) is 0. The van der Waals surface area contributed by atoms with Crippen LogP contribution in [0.2, 0.25) is 0 Å². The lowest BCUT2D eigenvalue weighted by Gasteiger charge is -2.25. The third kappa shape index (κ3) is 10.4. The van der Waals surface area contributed by atoms with Gasteiger partial charge in [0.1, 0.15) is 0 Å². The minimum Gasteiger partial charge on any atom is -0.385 e. The molecule has 0 aromatic heterocycles. The van der Waals surface area contributed by atoms with Crippen molar-refractivity contribution in [3.8, 4) is 0 Å². The van der Waals surface area contributed by atoms with Gasteiger partial charge >= 0.3 is 0 Å². The van der Waals surface area contributed by atoms with Crippen molar-refractivity contribution in [2.75, 3.05) is 26.8 Å². The molecule has 0 saturated heterocycles. The zero-order valence-electron chi connectivity index (χ0n) is 11.7. The zero-order valence-corrected chi connectivity index (χ0v) is 11.7. The number of rotatable bonds is 9. The van der Waals surface area contributed by atoms with Gasteiger partial charge in [0, 0.05) is 25.8 Å². The van der Waals surface area contributed by atoms with Gasteiger partial charge in [-0.3, -0.25) is 0 Å². The Kier molecular flexibility index (Phi) is 7.20. The summed E-state index contributed by atoms with van der Waals surface area (Å²) in [5, 5.41) is 3.50. The van der Waals surface area contributed by atoms with E-state index in [4.69, 9.17) is 10.5 Å². The van der Waals surface area contributed by atoms with E-state index in [2.05, 4.69) is 33.0 Å². The van der Waals surface area contributed by atoms with Crippen molar-refractivity contribution < 1.29 is 4.74 Å². The Hall–Kier alpha value is -0.120. The first kappa shape index (κ1) is 15.9. The van der Waals surface area contributed by atoms with Crippen LogP contribution in [0.25, 0.3) is 0 Å². The SMILES string of the molecule is COCCC(C)(C)CNCCCC(C)(C)N. The van der Waals surface area contributed by atoms with Crippen molar-refractivity contribution in [2.24, 2.45) is 11.1 Å². The van der Waals surface area contributed by atoms with Gasteiger partial charge in [0.15, 0.2) is 0 Å². The average Bonchev–Trinajstić information content (AvgIpc) is 2.12. The Bertz CT molecular complexity index is 173. The summed E-state index contributed by atoms with van der Waals surface area (Å²) < 4.78 is 5.11. The van der Waals surface area contributed by atoms with Gasteiger partial charge in [0.25, 0.3) is 0 Å². The first-order valence-corrected chi connectivity index (χ1v) is 6.25. The highest BCUT2D eigenvalue weighted by Gasteiger charge is 2.16. The van der Waals surface area contributed by atoms with E-state index in [-0.39, 0.29) is 5.54 Å². The van der Waals surface area contributed by atoms with E-state index in [1.54, 1.807) is 7.11 Å². The molecule has 3 heteroatoms. The highest BCUT2D eigenvalue weighted by atomic mass is 16.5. The number of nitrogens with one attached hydrogen (secondary N) is 1. The first-order chi connectivity index (χ1) is 7.27. The van der Waals surface area contributed by atoms with Gasteiger partial charge in [-0.15, -0.1) is 0 Å². The predicted octanol–water partition coefficient (Wildman–Crippen LogP) is 2.16. The number of hydrogen-bond donors (Lipinski definition) is 2. The fourth-order valence-electron chi connectivity index (χ4n) is 1.56. The largest absolute Gasteiger partial charge is 0.385 e. The van der Waals surface area contributed by atoms with Crippen molar-refractivity contribution in [2.45, 2.75) is 52.5 Å². The topological polar surface area (TPSA) is 47.3 Å². The van der Waals surface area contributed by atoms with Crippen LogP contribution in [0.3, 0.4) is 0 Å². The molecule has 0 rings (SSSR count). The Morgan fingerprint density at radius 3 is 2.25 bits per heavy atom. The van der Waals surface area contributed by atoms with Gasteiger partial charge in [-0.1, -0.05) is 13.8 Å². The van der Waals surface area contributed by atoms with Gasteiger partial charge in [-0.2, -0.15) is 0 Å². The molecule has 0 atom stereocenters. The number of hydrogen-bond acceptors (Lipinski definition) is 3. The molecular weight excluding hydrogens is 200 g/mol. The van der Waals surface area contributed by atoms with Crippen LogP contribution >= 0.6 is 0 Å². The minimum absolute atomic E-state index is 0.0345. The van der Waals surface area contributed by atoms with Gasteiger partial charge in [-0.05, 0) is 45.1 Å². The van der Waals surface area contributed by atoms with E-state index in [1.807, 2.05) is 0 Å². The second-order valence-corrected chi connectivity index (χ2v) is 6.18. The van der Waals surface area contributed by atoms with E-state index in [1.165, 1.54) is 0 Å². The van der Waals surface area contributed by atoms with Crippen LogP contribution in [0, 0.1) is 5.41 Å². The molecular formula is C13H30N2O. The van der Waals surface area contributed by atoms with Crippen LogP contribution in [0.5, 0.6) is 0 Å². The smallest absolute Gasteiger partial charge is 0.0467 e. The molecule has 0 aliphatic carbocycles. The van der Waals surface area contributed by atoms with Crippen molar-refractivity contribution in [3.63, 3.8) is 0 Å². The van der Waals surface area contributed by atoms with Gasteiger partial charge in [-0.25, -0.2) is 0 Å². The number of nitrogens with two attached hydrogens (primary N) is 1. The van der Waals surface area contributed by atoms with Crippen LogP contribution in [0.15, 0.2) is 0 Å². The Morgan fingerprint density at radius 2 is 1.75 bits per heavy atom. The van der Waals surface area contributed by atoms with E-state index in [0.29, 0.717) is 5.41 Å². The average molecular weight is 230 g/mol. The highest BCUT2D eigenvalue weighted by molar-refractivity contribution is 4.74. The predicted molar refractivity (Wildman–Crippen MR) is 70.6 cm³/mol. The quantitative estimate of drug-likeness (QED) is 0.597. The standard InChI is InChI=1S/C13H30N2O/c1-12(2,8-10-16-5)11-15-9-6-7-13(3,4)14/h15H,6-11,14H2,1-5H3. The van der Waals surface area contributed by atoms with Gasteiger partial charge < -0.3 is 15.8 Å². The molecule has 0 bridgehead atoms. The van der Waals surface area contributed by atoms with Gasteiger partial charge in [0.2, 0.25) is 0 Å². The van der Waals surface area contributed by atoms with Crippen LogP contribution in [-0.2, 0) is 4.74 Å². The maximum absolute atomic E-state index is 5.92. The Balaban J connectivity index is 3.50. The highest BCUT2D eigenvalue weighted by Crippen LogP contribution is 2.18. The molecule has 0 spiro atoms. The maximum Gasteiger partial charge on any atom is 0.0467 e. The van der Waals surface area contributed by atoms with Crippen LogP contribution < -0.4 is 11.1 Å². The monoisotopic (exact) mass is 230 g/mol. The molecule has 0 amide bonds. The molecule has 0 aliphatic rings. The molecule has 3 N–H and O–H groups in total. The van der Waals surface area contributed by atoms with Crippen molar-refractivity contribution >= 4 is 0 Å². The molecule has 0 heterocycles. The number of ether oxygens (including phenoxy) is 1. The van der Waals surface area contributed by atoms with E-state index < -0.39 is 0 Å². The molecule has 16 heavy (non-hydrogen) atoms. The summed E-state index contributed by atoms with van der Waals surface area (Å²) in [6, 6.07) is 0. The normalized spacial score (nSPS) is 13.1. The second-order valence-electron chi connectivity index (χ2n) is 6.18. The Morgan fingerprint density at radius 1 is 1.12 bits per heavy atom. The van der Waals surface area contributed by atoms with Crippen molar-refractivity contribution in [1.82, 2.24) is 5.32 Å². The molecule has 0 saturated carbocycles. The third-order valence-corrected chi connectivity index (χ3v) is 2.76. The van der Waals surface area contributed by atoms with Crippen molar-refractivity contribution in [3.05, 3.63) is 0 Å². The third-order valence-electron chi connectivity index (χ3n) is 2.76. The lowest BCUT2D eigenvalue weighted by atomic mass is 9.89. The minimum atomic E-state index is -0.0345. The molecule has 0 radical (unpaired) electrons. The number of methoxy groups -OCH3 is 1. The van der Waals surface area contributed by atoms with E-state index in [0.717, 1.165) is 39.0 Å². The Labute approximate surface area is 101 Å². The summed E-state index contributed by atoms with van der Waals surface area (Å²) in [6.45, 7) is 11.6. The molecule has 0 aromatic rings. The lowest BCUT2D eigenvalue weighted by Crippen LogP contribution is -2.34. The van der Waals surface area contributed by atoms with Crippen LogP contribution in [0.1, 0.15) is 47.0 Å². The summed E-state index contributed by atoms with van der Waals surface area (Å²) in [5.41, 5.74) is 6.20. The van der Waals surface area contributed by atoms with Crippen LogP contribution in [-0.4, -0.2) is 32.3 Å². The second kappa shape index (κ2) is 7.25. The van der Waals surface area contributed by atoms with E-state index in [9.17, 15) is 0 Å². The maximum atomic E-state index is 5.92. The lowest BCUT2D eigenvalue weighted by molar-refractivity contribution is 0.151. The zero-order chi connectivity index (χ0) is 12.7. The van der Waals surface area contributed by atoms with Crippen molar-refractivity contribution in [1.29, 1.82) is 0 Å². The molecule has 0 fully saturated rings. The fraction of sp³-hybridized carbons (Fsp3) is 1.00. The van der Waals surface area contributed by atoms with E-state index >= 15 is 0 Å². The summed E-state index contributed by atoms with van der Waals surface area (Å²) in [4.78, 5) is 0. The van der Waals surface area contributed by atoms with Gasteiger partial charge in [0.05, 0.1) is 0 Å². The fourth-order valence-corrected chi connectivity index (χ4v) is 1.56. The molecule has 0 aliphatic heterocycles. The molecule has 0 aromatic carbocycles. The first-order valence-electron chi connectivity index (χ1n) is 6.25. The summed E-state index contributed by atoms with van der Waals surface area (Å²) >= 11 is 0. The molecule has 98 valence electrons. The summed E-state index contributed by atoms with van der Waals surface area (Å²) in [6.07, 6.45) is 3.31. The molecule has 0 unspecified atom stereocenters. The summed E-state index contributed by atoms with van der Waals surface area (Å²) in [7, 11) is 1.76.